The summed E-state index contributed by atoms with van der Waals surface area (Å²) in [6, 6.07) is 10.4. The number of hydrogen-bond donors (Lipinski definition) is 3. The number of phenols is 2. The Hall–Kier alpha value is -2.64. The molecule has 2 atom stereocenters. The average molecular weight is 635 g/mol. The van der Waals surface area contributed by atoms with Crippen LogP contribution in [0.15, 0.2) is 42.5 Å². The molecule has 240 valence electrons. The van der Waals surface area contributed by atoms with Crippen molar-refractivity contribution in [1.82, 2.24) is 9.03 Å². The van der Waals surface area contributed by atoms with E-state index in [2.05, 4.69) is 4.72 Å². The van der Waals surface area contributed by atoms with Crippen LogP contribution in [0.1, 0.15) is 82.3 Å². The Morgan fingerprint density at radius 3 is 2.16 bits per heavy atom. The molecule has 2 aromatic rings. The van der Waals surface area contributed by atoms with Gasteiger partial charge in [-0.1, -0.05) is 57.6 Å². The van der Waals surface area contributed by atoms with E-state index >= 15 is 0 Å². The number of benzene rings is 2. The van der Waals surface area contributed by atoms with E-state index in [1.54, 1.807) is 19.1 Å². The minimum absolute atomic E-state index is 0.0288. The first kappa shape index (κ1) is 33.3. The molecule has 0 radical (unpaired) electrons. The molecule has 0 saturated carbocycles. The predicted molar refractivity (Wildman–Crippen MR) is 152 cm³/mol. The van der Waals surface area contributed by atoms with Crippen LogP contribution >= 0.6 is 0 Å². The molecule has 3 N–H and O–H groups in total. The molecule has 2 aliphatic rings. The van der Waals surface area contributed by atoms with E-state index in [1.165, 1.54) is 30.3 Å². The average Bonchev–Trinajstić information content (AvgIpc) is 2.93. The van der Waals surface area contributed by atoms with E-state index in [4.69, 9.17) is 4.74 Å². The molecule has 1 unspecified atom stereocenters. The lowest BCUT2D eigenvalue weighted by atomic mass is 9.60. The Morgan fingerprint density at radius 2 is 1.51 bits per heavy atom. The van der Waals surface area contributed by atoms with Crippen LogP contribution in [0.2, 0.25) is 0 Å². The van der Waals surface area contributed by atoms with Crippen molar-refractivity contribution in [3.63, 3.8) is 0 Å². The van der Waals surface area contributed by atoms with Gasteiger partial charge in [0.05, 0.1) is 17.6 Å². The van der Waals surface area contributed by atoms with Gasteiger partial charge in [-0.2, -0.15) is 34.7 Å². The number of alkyl halides is 5. The van der Waals surface area contributed by atoms with E-state index in [0.717, 1.165) is 36.4 Å². The van der Waals surface area contributed by atoms with Gasteiger partial charge in [0.2, 0.25) is 0 Å². The summed E-state index contributed by atoms with van der Waals surface area (Å²) in [7, 11) is -4.47. The largest absolute Gasteiger partial charge is 0.508 e. The van der Waals surface area contributed by atoms with E-state index in [1.807, 2.05) is 0 Å². The van der Waals surface area contributed by atoms with Gasteiger partial charge in [-0.15, -0.1) is 0 Å². The lowest BCUT2D eigenvalue weighted by Gasteiger charge is -2.57. The van der Waals surface area contributed by atoms with Gasteiger partial charge in [0, 0.05) is 31.1 Å². The normalized spacial score (nSPS) is 26.0. The molecule has 0 bridgehead atoms. The van der Waals surface area contributed by atoms with Gasteiger partial charge < -0.3 is 14.9 Å². The summed E-state index contributed by atoms with van der Waals surface area (Å²) in [4.78, 5) is 0. The van der Waals surface area contributed by atoms with Crippen molar-refractivity contribution in [3.8, 4) is 17.2 Å². The van der Waals surface area contributed by atoms with Crippen LogP contribution in [0, 0.1) is 0 Å². The van der Waals surface area contributed by atoms with Gasteiger partial charge in [0.1, 0.15) is 17.2 Å². The van der Waals surface area contributed by atoms with Crippen LogP contribution in [0.3, 0.4) is 0 Å². The molecule has 0 aliphatic carbocycles. The second-order valence-corrected chi connectivity index (χ2v) is 13.4. The first-order chi connectivity index (χ1) is 20.1. The zero-order valence-electron chi connectivity index (χ0n) is 24.1. The molecule has 43 heavy (non-hydrogen) atoms. The van der Waals surface area contributed by atoms with Crippen molar-refractivity contribution in [2.75, 3.05) is 19.7 Å². The van der Waals surface area contributed by atoms with E-state index in [-0.39, 0.29) is 36.8 Å². The summed E-state index contributed by atoms with van der Waals surface area (Å²) in [5.74, 6) is -4.97. The smallest absolute Gasteiger partial charge is 0.453 e. The van der Waals surface area contributed by atoms with Crippen LogP contribution in [0.4, 0.5) is 22.0 Å². The fourth-order valence-corrected chi connectivity index (χ4v) is 8.21. The molecule has 2 aromatic carbocycles. The predicted octanol–water partition coefficient (Wildman–Crippen LogP) is 6.89. The monoisotopic (exact) mass is 634 g/mol. The van der Waals surface area contributed by atoms with Crippen molar-refractivity contribution in [2.24, 2.45) is 0 Å². The molecule has 1 fully saturated rings. The SMILES string of the molecule is C[C@]1(c2ccc(O)cc2)COc2cc(O)ccc2C12CCCCCCCCCNS(=O)(=O)N2CCCC(F)(F)C(F)(F)F. The lowest BCUT2D eigenvalue weighted by Crippen LogP contribution is -2.66. The topological polar surface area (TPSA) is 99.1 Å². The Kier molecular flexibility index (Phi) is 9.87. The summed E-state index contributed by atoms with van der Waals surface area (Å²) < 4.78 is 106. The van der Waals surface area contributed by atoms with Crippen LogP contribution in [-0.4, -0.2) is 54.7 Å². The summed E-state index contributed by atoms with van der Waals surface area (Å²) in [5.41, 5.74) is -1.78. The highest BCUT2D eigenvalue weighted by Crippen LogP contribution is 2.57. The number of nitrogens with zero attached hydrogens (tertiary/aromatic N) is 1. The maximum absolute atomic E-state index is 14.3. The third-order valence-corrected chi connectivity index (χ3v) is 10.5. The molecule has 4 rings (SSSR count). The maximum atomic E-state index is 14.3. The number of aromatic hydroxyl groups is 2. The van der Waals surface area contributed by atoms with Crippen LogP contribution in [0.25, 0.3) is 0 Å². The zero-order valence-corrected chi connectivity index (χ0v) is 24.9. The zero-order chi connectivity index (χ0) is 31.5. The van der Waals surface area contributed by atoms with Crippen molar-refractivity contribution in [3.05, 3.63) is 53.6 Å². The molecular weight excluding hydrogens is 595 g/mol. The second-order valence-electron chi connectivity index (χ2n) is 11.7. The molecule has 13 heteroatoms. The first-order valence-corrected chi connectivity index (χ1v) is 16.1. The van der Waals surface area contributed by atoms with Gasteiger partial charge in [-0.05, 0) is 49.1 Å². The first-order valence-electron chi connectivity index (χ1n) is 14.6. The highest BCUT2D eigenvalue weighted by molar-refractivity contribution is 7.87. The van der Waals surface area contributed by atoms with Crippen LogP contribution in [-0.2, 0) is 21.2 Å². The van der Waals surface area contributed by atoms with E-state index in [0.29, 0.717) is 24.0 Å². The minimum atomic E-state index is -5.77. The Morgan fingerprint density at radius 1 is 0.907 bits per heavy atom. The molecule has 1 spiro atoms. The van der Waals surface area contributed by atoms with Gasteiger partial charge >= 0.3 is 12.1 Å². The van der Waals surface area contributed by atoms with Crippen molar-refractivity contribution in [1.29, 1.82) is 0 Å². The third-order valence-electron chi connectivity index (χ3n) is 8.83. The van der Waals surface area contributed by atoms with Gasteiger partial charge in [0.25, 0.3) is 10.2 Å². The number of nitrogens with one attached hydrogen (secondary N) is 1. The molecule has 0 aromatic heterocycles. The Labute approximate surface area is 249 Å². The van der Waals surface area contributed by atoms with Gasteiger partial charge in [-0.3, -0.25) is 0 Å². The van der Waals surface area contributed by atoms with Crippen LogP contribution < -0.4 is 9.46 Å². The number of ether oxygens (including phenoxy) is 1. The molecule has 0 amide bonds. The Balaban J connectivity index is 1.96. The van der Waals surface area contributed by atoms with Crippen molar-refractivity contribution in [2.45, 2.75) is 94.2 Å². The summed E-state index contributed by atoms with van der Waals surface area (Å²) in [5, 5.41) is 20.3. The lowest BCUT2D eigenvalue weighted by molar-refractivity contribution is -0.284. The van der Waals surface area contributed by atoms with Crippen molar-refractivity contribution >= 4 is 10.2 Å². The number of phenolic OH excluding ortho intramolecular Hbond substituents is 2. The fourth-order valence-electron chi connectivity index (χ4n) is 6.48. The standard InChI is InChI=1S/C30H39F5N2O5S/c1-27(22-10-12-23(38)13-11-22)21-42-26-20-24(39)14-15-25(26)28(27)16-7-5-3-2-4-6-8-18-36-43(40,41)37(28)19-9-17-29(31,32)30(33,34)35/h10-15,20,36,38-39H,2-9,16-19,21H2,1H3/t27-,28?/m1/s1. The maximum Gasteiger partial charge on any atom is 0.453 e. The molecule has 2 aliphatic heterocycles. The quantitative estimate of drug-likeness (QED) is 0.311. The highest BCUT2D eigenvalue weighted by Gasteiger charge is 2.61. The fraction of sp³-hybridized carbons (Fsp3) is 0.600. The third kappa shape index (κ3) is 6.73. The van der Waals surface area contributed by atoms with E-state index < -0.39 is 52.6 Å². The second kappa shape index (κ2) is 12.8. The van der Waals surface area contributed by atoms with Gasteiger partial charge in [0.15, 0.2) is 0 Å². The van der Waals surface area contributed by atoms with Crippen LogP contribution in [0.5, 0.6) is 17.2 Å². The Bertz CT molecular complexity index is 1360. The molecule has 7 nitrogen and oxygen atoms in total. The highest BCUT2D eigenvalue weighted by atomic mass is 32.2. The number of halogens is 5. The minimum Gasteiger partial charge on any atom is -0.508 e. The van der Waals surface area contributed by atoms with Crippen molar-refractivity contribution < 1.29 is 45.3 Å². The molecule has 2 heterocycles. The van der Waals surface area contributed by atoms with E-state index in [9.17, 15) is 40.6 Å². The summed E-state index contributed by atoms with van der Waals surface area (Å²) in [6.45, 7) is 1.12. The molecule has 1 saturated heterocycles. The summed E-state index contributed by atoms with van der Waals surface area (Å²) >= 11 is 0. The molecular formula is C30H39F5N2O5S. The number of hydrogen-bond acceptors (Lipinski definition) is 5. The number of fused-ring (bicyclic) bond motifs is 2. The summed E-state index contributed by atoms with van der Waals surface area (Å²) in [6.07, 6.45) is -2.57. The van der Waals surface area contributed by atoms with Gasteiger partial charge in [-0.25, -0.2) is 4.72 Å². The number of rotatable bonds is 5.